The molecular weight excluding hydrogens is 280 g/mol. The molecule has 0 heterocycles. The Morgan fingerprint density at radius 3 is 2.14 bits per heavy atom. The van der Waals surface area contributed by atoms with E-state index in [4.69, 9.17) is 5.11 Å². The molecule has 1 N–H and O–H groups in total. The van der Waals surface area contributed by atoms with Crippen molar-refractivity contribution in [3.63, 3.8) is 0 Å². The number of nitro groups is 2. The highest BCUT2D eigenvalue weighted by Crippen LogP contribution is 2.33. The van der Waals surface area contributed by atoms with E-state index in [1.807, 2.05) is 0 Å². The maximum Gasteiger partial charge on any atom is 0.346 e. The maximum atomic E-state index is 11.1. The molecule has 0 saturated heterocycles. The highest BCUT2D eigenvalue weighted by atomic mass is 16.6. The molecule has 2 aromatic carbocycles. The van der Waals surface area contributed by atoms with Crippen molar-refractivity contribution in [3.8, 4) is 11.1 Å². The van der Waals surface area contributed by atoms with Crippen LogP contribution in [0.3, 0.4) is 0 Å². The molecule has 0 saturated carbocycles. The van der Waals surface area contributed by atoms with Crippen LogP contribution in [-0.2, 0) is 0 Å². The van der Waals surface area contributed by atoms with Gasteiger partial charge in [0.15, 0.2) is 0 Å². The van der Waals surface area contributed by atoms with Crippen molar-refractivity contribution < 1.29 is 19.7 Å². The van der Waals surface area contributed by atoms with Crippen molar-refractivity contribution in [2.45, 2.75) is 0 Å². The summed E-state index contributed by atoms with van der Waals surface area (Å²) in [5, 5.41) is 30.8. The molecule has 21 heavy (non-hydrogen) atoms. The first-order chi connectivity index (χ1) is 9.91. The number of hydrogen-bond acceptors (Lipinski definition) is 5. The fourth-order valence-corrected chi connectivity index (χ4v) is 1.91. The van der Waals surface area contributed by atoms with Crippen molar-refractivity contribution >= 4 is 17.3 Å². The van der Waals surface area contributed by atoms with Crippen LogP contribution in [0.2, 0.25) is 0 Å². The number of benzene rings is 2. The average molecular weight is 288 g/mol. The fourth-order valence-electron chi connectivity index (χ4n) is 1.91. The zero-order chi connectivity index (χ0) is 15.6. The number of nitrogens with zero attached hydrogens (tertiary/aromatic N) is 2. The Morgan fingerprint density at radius 2 is 1.57 bits per heavy atom. The molecule has 2 aromatic rings. The molecule has 0 fully saturated rings. The van der Waals surface area contributed by atoms with Crippen LogP contribution in [0.25, 0.3) is 11.1 Å². The third-order valence-corrected chi connectivity index (χ3v) is 2.84. The highest BCUT2D eigenvalue weighted by Gasteiger charge is 2.25. The second-order valence-electron chi connectivity index (χ2n) is 4.07. The van der Waals surface area contributed by atoms with Crippen LogP contribution >= 0.6 is 0 Å². The zero-order valence-corrected chi connectivity index (χ0v) is 10.4. The van der Waals surface area contributed by atoms with Crippen LogP contribution in [0, 0.1) is 20.2 Å². The van der Waals surface area contributed by atoms with Gasteiger partial charge < -0.3 is 5.11 Å². The van der Waals surface area contributed by atoms with Crippen molar-refractivity contribution in [3.05, 3.63) is 68.3 Å². The minimum atomic E-state index is -1.19. The Kier molecular flexibility index (Phi) is 3.61. The van der Waals surface area contributed by atoms with Gasteiger partial charge >= 0.3 is 17.3 Å². The van der Waals surface area contributed by atoms with Gasteiger partial charge in [-0.2, -0.15) is 0 Å². The van der Waals surface area contributed by atoms with E-state index in [-0.39, 0.29) is 16.7 Å². The lowest BCUT2D eigenvalue weighted by atomic mass is 9.99. The number of rotatable bonds is 4. The molecule has 0 aliphatic carbocycles. The molecule has 0 unspecified atom stereocenters. The van der Waals surface area contributed by atoms with Crippen molar-refractivity contribution in [2.75, 3.05) is 0 Å². The van der Waals surface area contributed by atoms with E-state index in [0.717, 1.165) is 12.1 Å². The van der Waals surface area contributed by atoms with E-state index in [1.165, 1.54) is 24.3 Å². The molecule has 8 heteroatoms. The Morgan fingerprint density at radius 1 is 0.952 bits per heavy atom. The van der Waals surface area contributed by atoms with Crippen LogP contribution in [0.5, 0.6) is 0 Å². The summed E-state index contributed by atoms with van der Waals surface area (Å²) in [6, 6.07) is 9.21. The Hall–Kier alpha value is -3.29. The lowest BCUT2D eigenvalue weighted by molar-refractivity contribution is -0.422. The van der Waals surface area contributed by atoms with Crippen molar-refractivity contribution in [2.24, 2.45) is 0 Å². The maximum absolute atomic E-state index is 11.1. The van der Waals surface area contributed by atoms with Crippen LogP contribution in [0.4, 0.5) is 11.4 Å². The second kappa shape index (κ2) is 5.37. The van der Waals surface area contributed by atoms with E-state index in [2.05, 4.69) is 0 Å². The minimum absolute atomic E-state index is 0.0411. The van der Waals surface area contributed by atoms with E-state index >= 15 is 0 Å². The molecule has 0 bridgehead atoms. The predicted octanol–water partition coefficient (Wildman–Crippen LogP) is 2.87. The first-order valence-corrected chi connectivity index (χ1v) is 5.67. The molecule has 8 nitrogen and oxygen atoms in total. The van der Waals surface area contributed by atoms with Gasteiger partial charge in [-0.05, 0) is 23.3 Å². The van der Waals surface area contributed by atoms with Crippen LogP contribution in [-0.4, -0.2) is 20.9 Å². The normalized spacial score (nSPS) is 10.1. The molecule has 0 radical (unpaired) electrons. The van der Waals surface area contributed by atoms with Gasteiger partial charge in [-0.1, -0.05) is 18.2 Å². The smallest absolute Gasteiger partial charge is 0.346 e. The summed E-state index contributed by atoms with van der Waals surface area (Å²) in [7, 11) is 0. The fraction of sp³-hybridized carbons (Fsp3) is 0. The van der Waals surface area contributed by atoms with Gasteiger partial charge in [0.25, 0.3) is 0 Å². The van der Waals surface area contributed by atoms with E-state index in [1.54, 1.807) is 6.07 Å². The standard InChI is InChI=1S/C13H8N2O6/c16-13(17)10-4-2-1-3-9(10)8-5-6-11(14(18)19)12(7-8)15(20)21/h1-7H,(H,16,17). The third-order valence-electron chi connectivity index (χ3n) is 2.84. The number of hydrogen-bond donors (Lipinski definition) is 1. The van der Waals surface area contributed by atoms with E-state index in [9.17, 15) is 25.0 Å². The SMILES string of the molecule is O=C(O)c1ccccc1-c1ccc([N+](=O)[O-])c([N+](=O)[O-])c1. The van der Waals surface area contributed by atoms with Crippen molar-refractivity contribution in [1.29, 1.82) is 0 Å². The van der Waals surface area contributed by atoms with E-state index in [0.29, 0.717) is 0 Å². The summed E-state index contributed by atoms with van der Waals surface area (Å²) in [5.41, 5.74) is -0.886. The number of carboxylic acid groups (broad SMARTS) is 1. The Labute approximate surface area is 117 Å². The third kappa shape index (κ3) is 2.68. The van der Waals surface area contributed by atoms with Gasteiger partial charge in [0.1, 0.15) is 0 Å². The van der Waals surface area contributed by atoms with Gasteiger partial charge in [0, 0.05) is 12.1 Å². The van der Waals surface area contributed by atoms with Gasteiger partial charge in [-0.15, -0.1) is 0 Å². The van der Waals surface area contributed by atoms with Crippen LogP contribution < -0.4 is 0 Å². The van der Waals surface area contributed by atoms with Crippen LogP contribution in [0.1, 0.15) is 10.4 Å². The first-order valence-electron chi connectivity index (χ1n) is 5.67. The molecule has 0 aliphatic rings. The molecule has 0 atom stereocenters. The van der Waals surface area contributed by atoms with Gasteiger partial charge in [0.2, 0.25) is 0 Å². The number of nitro benzene ring substituents is 2. The lowest BCUT2D eigenvalue weighted by Crippen LogP contribution is -2.00. The molecule has 0 spiro atoms. The predicted molar refractivity (Wildman–Crippen MR) is 72.1 cm³/mol. The summed E-state index contributed by atoms with van der Waals surface area (Å²) in [4.78, 5) is 31.1. The molecule has 0 amide bonds. The monoisotopic (exact) mass is 288 g/mol. The summed E-state index contributed by atoms with van der Waals surface area (Å²) in [5.74, 6) is -1.19. The van der Waals surface area contributed by atoms with E-state index < -0.39 is 27.2 Å². The van der Waals surface area contributed by atoms with Crippen LogP contribution in [0.15, 0.2) is 42.5 Å². The molecule has 106 valence electrons. The Balaban J connectivity index is 2.67. The molecular formula is C13H8N2O6. The Bertz CT molecular complexity index is 756. The minimum Gasteiger partial charge on any atom is -0.478 e. The molecule has 2 rings (SSSR count). The lowest BCUT2D eigenvalue weighted by Gasteiger charge is -2.06. The largest absolute Gasteiger partial charge is 0.478 e. The van der Waals surface area contributed by atoms with Gasteiger partial charge in [-0.3, -0.25) is 20.2 Å². The number of carboxylic acids is 1. The average Bonchev–Trinajstić information content (AvgIpc) is 2.46. The summed E-state index contributed by atoms with van der Waals surface area (Å²) >= 11 is 0. The zero-order valence-electron chi connectivity index (χ0n) is 10.4. The quantitative estimate of drug-likeness (QED) is 0.681. The number of aromatic carboxylic acids is 1. The molecule has 0 aliphatic heterocycles. The second-order valence-corrected chi connectivity index (χ2v) is 4.07. The van der Waals surface area contributed by atoms with Gasteiger partial charge in [-0.25, -0.2) is 4.79 Å². The van der Waals surface area contributed by atoms with Gasteiger partial charge in [0.05, 0.1) is 15.4 Å². The summed E-state index contributed by atoms with van der Waals surface area (Å²) in [6.07, 6.45) is 0. The summed E-state index contributed by atoms with van der Waals surface area (Å²) in [6.45, 7) is 0. The molecule has 0 aromatic heterocycles. The number of carbonyl (C=O) groups is 1. The summed E-state index contributed by atoms with van der Waals surface area (Å²) < 4.78 is 0. The highest BCUT2D eigenvalue weighted by molar-refractivity contribution is 5.96. The topological polar surface area (TPSA) is 124 Å². The first kappa shape index (κ1) is 14.1. The van der Waals surface area contributed by atoms with Crippen molar-refractivity contribution in [1.82, 2.24) is 0 Å².